The minimum absolute atomic E-state index is 0.0888. The van der Waals surface area contributed by atoms with Crippen LogP contribution < -0.4 is 10.1 Å². The third kappa shape index (κ3) is 5.70. The average Bonchev–Trinajstić information content (AvgIpc) is 2.81. The van der Waals surface area contributed by atoms with Crippen LogP contribution in [0.1, 0.15) is 47.7 Å². The van der Waals surface area contributed by atoms with E-state index >= 15 is 0 Å². The Hall–Kier alpha value is -3.18. The number of carbonyl (C=O) groups is 1. The Labute approximate surface area is 184 Å². The van der Waals surface area contributed by atoms with Crippen molar-refractivity contribution in [1.29, 1.82) is 0 Å². The second kappa shape index (κ2) is 10.2. The van der Waals surface area contributed by atoms with E-state index in [2.05, 4.69) is 40.3 Å². The van der Waals surface area contributed by atoms with Crippen LogP contribution in [0.5, 0.6) is 11.5 Å². The van der Waals surface area contributed by atoms with Crippen LogP contribution in [0.3, 0.4) is 0 Å². The molecule has 5 heteroatoms. The Morgan fingerprint density at radius 3 is 2.58 bits per heavy atom. The molecule has 2 aromatic carbocycles. The highest BCUT2D eigenvalue weighted by Gasteiger charge is 2.19. The zero-order valence-electron chi connectivity index (χ0n) is 18.0. The highest BCUT2D eigenvalue weighted by Crippen LogP contribution is 2.22. The fraction of sp³-hybridized carbons (Fsp3) is 0.308. The van der Waals surface area contributed by atoms with E-state index in [1.54, 1.807) is 36.7 Å². The van der Waals surface area contributed by atoms with Crippen molar-refractivity contribution in [2.45, 2.75) is 45.3 Å². The quantitative estimate of drug-likeness (QED) is 0.578. The molecule has 3 aromatic rings. The first-order chi connectivity index (χ1) is 15.2. The lowest BCUT2D eigenvalue weighted by Crippen LogP contribution is -2.37. The van der Waals surface area contributed by atoms with E-state index in [-0.39, 0.29) is 5.91 Å². The van der Waals surface area contributed by atoms with Crippen LogP contribution in [-0.4, -0.2) is 28.4 Å². The predicted octanol–water partition coefficient (Wildman–Crippen LogP) is 5.18. The number of nitrogens with one attached hydrogen (secondary N) is 1. The second-order valence-corrected chi connectivity index (χ2v) is 8.08. The Kier molecular flexibility index (Phi) is 6.95. The molecule has 0 aliphatic carbocycles. The zero-order valence-corrected chi connectivity index (χ0v) is 18.0. The van der Waals surface area contributed by atoms with E-state index in [1.165, 1.54) is 30.4 Å². The number of ether oxygens (including phenoxy) is 1. The largest absolute Gasteiger partial charge is 0.456 e. The van der Waals surface area contributed by atoms with Crippen LogP contribution in [0, 0.1) is 0 Å². The van der Waals surface area contributed by atoms with Crippen LogP contribution in [0.2, 0.25) is 0 Å². The minimum atomic E-state index is -0.0888. The average molecular weight is 416 g/mol. The van der Waals surface area contributed by atoms with Crippen molar-refractivity contribution in [2.75, 3.05) is 6.54 Å². The van der Waals surface area contributed by atoms with Gasteiger partial charge in [-0.15, -0.1) is 0 Å². The molecule has 1 N–H and O–H groups in total. The maximum Gasteiger partial charge on any atom is 0.251 e. The molecule has 31 heavy (non-hydrogen) atoms. The van der Waals surface area contributed by atoms with E-state index < -0.39 is 0 Å². The number of rotatable bonds is 7. The fourth-order valence-corrected chi connectivity index (χ4v) is 3.99. The molecule has 0 saturated carbocycles. The second-order valence-electron chi connectivity index (χ2n) is 8.08. The van der Waals surface area contributed by atoms with Gasteiger partial charge in [-0.1, -0.05) is 30.7 Å². The number of benzene rings is 2. The van der Waals surface area contributed by atoms with E-state index in [1.807, 2.05) is 18.2 Å². The van der Waals surface area contributed by atoms with Crippen LogP contribution in [0.25, 0.3) is 0 Å². The number of aromatic nitrogens is 1. The van der Waals surface area contributed by atoms with E-state index in [0.29, 0.717) is 29.6 Å². The molecule has 1 aliphatic heterocycles. The predicted molar refractivity (Wildman–Crippen MR) is 122 cm³/mol. The lowest BCUT2D eigenvalue weighted by atomic mass is 10.0. The molecule has 4 rings (SSSR count). The summed E-state index contributed by atoms with van der Waals surface area (Å²) in [6, 6.07) is 19.8. The first-order valence-electron chi connectivity index (χ1n) is 11.0. The lowest BCUT2D eigenvalue weighted by molar-refractivity contribution is 0.0950. The van der Waals surface area contributed by atoms with Crippen molar-refractivity contribution in [1.82, 2.24) is 15.2 Å². The van der Waals surface area contributed by atoms with E-state index in [4.69, 9.17) is 4.74 Å². The van der Waals surface area contributed by atoms with Crippen molar-refractivity contribution in [3.8, 4) is 11.5 Å². The number of pyridine rings is 1. The first kappa shape index (κ1) is 21.1. The van der Waals surface area contributed by atoms with Gasteiger partial charge in [0.1, 0.15) is 11.5 Å². The van der Waals surface area contributed by atoms with Crippen molar-refractivity contribution in [3.63, 3.8) is 0 Å². The molecule has 1 aliphatic rings. The number of hydrogen-bond acceptors (Lipinski definition) is 4. The summed E-state index contributed by atoms with van der Waals surface area (Å²) in [5.74, 6) is 1.25. The Bertz CT molecular complexity index is 989. The summed E-state index contributed by atoms with van der Waals surface area (Å²) in [7, 11) is 0. The molecule has 160 valence electrons. The van der Waals surface area contributed by atoms with Crippen LogP contribution in [0.15, 0.2) is 73.1 Å². The summed E-state index contributed by atoms with van der Waals surface area (Å²) in [5.41, 5.74) is 3.07. The SMILES string of the molecule is CC1CCCCN1Cc1ccccc1CNC(=O)c1ccc(Oc2cccnc2)cc1. The molecule has 1 saturated heterocycles. The van der Waals surface area contributed by atoms with Crippen LogP contribution in [-0.2, 0) is 13.1 Å². The minimum Gasteiger partial charge on any atom is -0.456 e. The molecule has 0 spiro atoms. The smallest absolute Gasteiger partial charge is 0.251 e. The molecule has 5 nitrogen and oxygen atoms in total. The third-order valence-corrected chi connectivity index (χ3v) is 5.86. The third-order valence-electron chi connectivity index (χ3n) is 5.86. The topological polar surface area (TPSA) is 54.5 Å². The molecule has 1 atom stereocenters. The Morgan fingerprint density at radius 1 is 1.03 bits per heavy atom. The normalized spacial score (nSPS) is 16.6. The summed E-state index contributed by atoms with van der Waals surface area (Å²) in [5, 5.41) is 3.06. The summed E-state index contributed by atoms with van der Waals surface area (Å²) < 4.78 is 5.74. The van der Waals surface area contributed by atoms with Gasteiger partial charge in [0.15, 0.2) is 0 Å². The van der Waals surface area contributed by atoms with Gasteiger partial charge in [-0.3, -0.25) is 14.7 Å². The van der Waals surface area contributed by atoms with Crippen molar-refractivity contribution < 1.29 is 9.53 Å². The maximum absolute atomic E-state index is 12.7. The Morgan fingerprint density at radius 2 is 1.84 bits per heavy atom. The molecule has 0 bridgehead atoms. The molecule has 0 radical (unpaired) electrons. The van der Waals surface area contributed by atoms with Crippen molar-refractivity contribution >= 4 is 5.91 Å². The van der Waals surface area contributed by atoms with E-state index in [0.717, 1.165) is 13.1 Å². The van der Waals surface area contributed by atoms with Gasteiger partial charge in [0, 0.05) is 30.9 Å². The van der Waals surface area contributed by atoms with Gasteiger partial charge in [-0.05, 0) is 73.8 Å². The van der Waals surface area contributed by atoms with Gasteiger partial charge >= 0.3 is 0 Å². The molecule has 1 aromatic heterocycles. The van der Waals surface area contributed by atoms with Gasteiger partial charge in [-0.25, -0.2) is 0 Å². The maximum atomic E-state index is 12.7. The molecular formula is C26H29N3O2. The molecule has 1 fully saturated rings. The van der Waals surface area contributed by atoms with Crippen molar-refractivity contribution in [2.24, 2.45) is 0 Å². The van der Waals surface area contributed by atoms with Gasteiger partial charge in [-0.2, -0.15) is 0 Å². The first-order valence-corrected chi connectivity index (χ1v) is 11.0. The number of hydrogen-bond donors (Lipinski definition) is 1. The highest BCUT2D eigenvalue weighted by molar-refractivity contribution is 5.94. The fourth-order valence-electron chi connectivity index (χ4n) is 3.99. The molecule has 1 unspecified atom stereocenters. The van der Waals surface area contributed by atoms with Gasteiger partial charge < -0.3 is 10.1 Å². The Balaban J connectivity index is 1.35. The van der Waals surface area contributed by atoms with Gasteiger partial charge in [0.05, 0.1) is 6.20 Å². The summed E-state index contributed by atoms with van der Waals surface area (Å²) in [6.45, 7) is 4.92. The van der Waals surface area contributed by atoms with Crippen molar-refractivity contribution in [3.05, 3.63) is 89.7 Å². The number of nitrogens with zero attached hydrogens (tertiary/aromatic N) is 2. The van der Waals surface area contributed by atoms with Gasteiger partial charge in [0.2, 0.25) is 0 Å². The summed E-state index contributed by atoms with van der Waals surface area (Å²) >= 11 is 0. The number of likely N-dealkylation sites (tertiary alicyclic amines) is 1. The number of amides is 1. The standard InChI is InChI=1S/C26H29N3O2/c1-20-7-4-5-16-29(20)19-23-9-3-2-8-22(23)17-28-26(30)21-11-13-24(14-12-21)31-25-10-6-15-27-18-25/h2-3,6,8-15,18,20H,4-5,7,16-17,19H2,1H3,(H,28,30). The number of carbonyl (C=O) groups excluding carboxylic acids is 1. The zero-order chi connectivity index (χ0) is 21.5. The molecule has 1 amide bonds. The van der Waals surface area contributed by atoms with E-state index in [9.17, 15) is 4.79 Å². The lowest BCUT2D eigenvalue weighted by Gasteiger charge is -2.33. The highest BCUT2D eigenvalue weighted by atomic mass is 16.5. The number of piperidine rings is 1. The molecular weight excluding hydrogens is 386 g/mol. The molecule has 2 heterocycles. The monoisotopic (exact) mass is 415 g/mol. The summed E-state index contributed by atoms with van der Waals surface area (Å²) in [6.07, 6.45) is 7.21. The summed E-state index contributed by atoms with van der Waals surface area (Å²) in [4.78, 5) is 19.3. The van der Waals surface area contributed by atoms with Gasteiger partial charge in [0.25, 0.3) is 5.91 Å². The van der Waals surface area contributed by atoms with Crippen LogP contribution in [0.4, 0.5) is 0 Å². The van der Waals surface area contributed by atoms with Crippen LogP contribution >= 0.6 is 0 Å².